The highest BCUT2D eigenvalue weighted by Crippen LogP contribution is 2.26. The van der Waals surface area contributed by atoms with Crippen molar-refractivity contribution >= 4 is 92.5 Å². The maximum atomic E-state index is 14.6. The van der Waals surface area contributed by atoms with Crippen LogP contribution in [-0.2, 0) is 64.0 Å². The van der Waals surface area contributed by atoms with Gasteiger partial charge in [-0.1, -0.05) is 67.8 Å². The van der Waals surface area contributed by atoms with Gasteiger partial charge in [-0.05, 0) is 55.2 Å². The SMILES string of the molecule is CC[C@H](C)C1NC(=O)[C@H](Cc2ccc(O)cc2)NC(=O)[C@@H](N)CSSC[C@@H](C(=O)N2CCC[C@H]2C(=O)N[C@@H](CC(C)C)C(=O)NCC(=O)NCC(N)=O)NC(=O)[C@H](CC(N)=O)NC(=O)[C@H](CCC(N)=O)NC1=O. The number of nitrogens with two attached hydrogens (primary N) is 4. The molecule has 2 saturated heterocycles. The Hall–Kier alpha value is -6.68. The number of phenolic OH excluding ortho intramolecular Hbond substituents is 1. The molecule has 17 N–H and O–H groups in total. The fraction of sp³-hybridized carbons (Fsp3) is 0.600. The molecule has 2 aliphatic heterocycles. The van der Waals surface area contributed by atoms with Crippen molar-refractivity contribution in [3.63, 3.8) is 0 Å². The summed E-state index contributed by atoms with van der Waals surface area (Å²) in [5.41, 5.74) is 22.8. The number of rotatable bonds is 19. The second-order valence-corrected chi connectivity index (χ2v) is 20.7. The van der Waals surface area contributed by atoms with Crippen LogP contribution in [0.4, 0.5) is 0 Å². The second kappa shape index (κ2) is 29.7. The van der Waals surface area contributed by atoms with Crippen molar-refractivity contribution in [3.05, 3.63) is 29.8 Å². The first kappa shape index (κ1) is 60.6. The number of phenols is 1. The minimum Gasteiger partial charge on any atom is -0.508 e. The largest absolute Gasteiger partial charge is 0.508 e. The lowest BCUT2D eigenvalue weighted by molar-refractivity contribution is -0.142. The number of nitrogens with zero attached hydrogens (tertiary/aromatic N) is 1. The monoisotopic (exact) mass is 1060 g/mol. The van der Waals surface area contributed by atoms with Crippen LogP contribution >= 0.6 is 21.6 Å². The van der Waals surface area contributed by atoms with Crippen LogP contribution in [0.5, 0.6) is 5.75 Å². The number of benzene rings is 1. The topological polar surface area (TPSA) is 429 Å². The predicted molar refractivity (Wildman–Crippen MR) is 267 cm³/mol. The standard InChI is InChI=1S/C45H69N13O13S2/c1-5-23(4)37-44(70)52-27(12-13-33(47)60)40(66)54-30(17-34(48)61)41(67)56-31(21-73-72-20-26(46)38(64)53-29(42(68)57-37)16-24-8-10-25(59)11-9-24)45(71)58-14-6-7-32(58)43(69)55-28(15-22(2)3)39(65)51-19-36(63)50-18-35(49)62/h8-11,22-23,26-32,37,59H,5-7,12-21,46H2,1-4H3,(H2,47,60)(H2,48,61)(H2,49,62)(H,50,63)(H,51,65)(H,52,70)(H,53,64)(H,54,66)(H,55,69)(H,56,67)(H,57,68)/t23-,26-,27-,28-,29-,30-,31-,32-,37?/m0/s1. The number of hydrogen-bond donors (Lipinski definition) is 13. The summed E-state index contributed by atoms with van der Waals surface area (Å²) in [6.07, 6.45) is -0.869. The molecule has 28 heteroatoms. The third-order valence-electron chi connectivity index (χ3n) is 11.7. The number of carbonyl (C=O) groups is 12. The van der Waals surface area contributed by atoms with Gasteiger partial charge in [-0.2, -0.15) is 0 Å². The summed E-state index contributed by atoms with van der Waals surface area (Å²) in [7, 11) is 2.02. The van der Waals surface area contributed by atoms with Crippen molar-refractivity contribution in [1.82, 2.24) is 47.4 Å². The van der Waals surface area contributed by atoms with E-state index < -0.39 is 157 Å². The average Bonchev–Trinajstić information content (AvgIpc) is 3.83. The molecule has 2 heterocycles. The van der Waals surface area contributed by atoms with Crippen LogP contribution < -0.4 is 65.5 Å². The summed E-state index contributed by atoms with van der Waals surface area (Å²) in [5.74, 6) is -11.4. The molecule has 2 fully saturated rings. The molecule has 0 radical (unpaired) electrons. The van der Waals surface area contributed by atoms with E-state index in [0.717, 1.165) is 21.6 Å². The number of aromatic hydroxyl groups is 1. The summed E-state index contributed by atoms with van der Waals surface area (Å²) >= 11 is 0. The Kier molecular flexibility index (Phi) is 24.7. The van der Waals surface area contributed by atoms with Gasteiger partial charge in [0.25, 0.3) is 0 Å². The minimum atomic E-state index is -1.77. The highest BCUT2D eigenvalue weighted by Gasteiger charge is 2.41. The molecule has 3 rings (SSSR count). The second-order valence-electron chi connectivity index (χ2n) is 18.2. The Morgan fingerprint density at radius 2 is 1.37 bits per heavy atom. The van der Waals surface area contributed by atoms with E-state index in [4.69, 9.17) is 22.9 Å². The van der Waals surface area contributed by atoms with E-state index in [1.807, 2.05) is 0 Å². The summed E-state index contributed by atoms with van der Waals surface area (Å²) in [4.78, 5) is 161. The van der Waals surface area contributed by atoms with Crippen LogP contribution in [-0.4, -0.2) is 160 Å². The van der Waals surface area contributed by atoms with E-state index >= 15 is 0 Å². The van der Waals surface area contributed by atoms with E-state index in [-0.39, 0.29) is 49.0 Å². The molecule has 0 spiro atoms. The van der Waals surface area contributed by atoms with Crippen molar-refractivity contribution in [2.75, 3.05) is 31.1 Å². The Morgan fingerprint density at radius 3 is 1.99 bits per heavy atom. The van der Waals surface area contributed by atoms with Gasteiger partial charge in [-0.25, -0.2) is 0 Å². The van der Waals surface area contributed by atoms with E-state index in [2.05, 4.69) is 42.5 Å². The fourth-order valence-corrected chi connectivity index (χ4v) is 9.86. The summed E-state index contributed by atoms with van der Waals surface area (Å²) in [5, 5.41) is 30.0. The number of primary amides is 3. The number of nitrogens with one attached hydrogen (secondary N) is 8. The zero-order valence-electron chi connectivity index (χ0n) is 41.2. The van der Waals surface area contributed by atoms with Crippen LogP contribution in [0.2, 0.25) is 0 Å². The van der Waals surface area contributed by atoms with E-state index in [9.17, 15) is 62.6 Å². The molecule has 1 aromatic rings. The minimum absolute atomic E-state index is 0.0203. The Labute approximate surface area is 430 Å². The molecule has 0 saturated carbocycles. The maximum absolute atomic E-state index is 14.6. The van der Waals surface area contributed by atoms with E-state index in [1.165, 1.54) is 29.2 Å². The molecular weight excluding hydrogens is 995 g/mol. The third kappa shape index (κ3) is 20.4. The first-order chi connectivity index (χ1) is 34.4. The number of likely N-dealkylation sites (tertiary alicyclic amines) is 1. The van der Waals surface area contributed by atoms with Crippen molar-refractivity contribution in [2.24, 2.45) is 34.8 Å². The highest BCUT2D eigenvalue weighted by molar-refractivity contribution is 8.76. The molecule has 73 heavy (non-hydrogen) atoms. The quantitative estimate of drug-likeness (QED) is 0.0581. The number of carbonyl (C=O) groups excluding carboxylic acids is 12. The summed E-state index contributed by atoms with van der Waals surface area (Å²) in [6.45, 7) is 5.99. The third-order valence-corrected chi connectivity index (χ3v) is 14.2. The van der Waals surface area contributed by atoms with Gasteiger partial charge in [-0.3, -0.25) is 57.5 Å². The molecule has 0 aliphatic carbocycles. The smallest absolute Gasteiger partial charge is 0.246 e. The van der Waals surface area contributed by atoms with Crippen LogP contribution in [0.1, 0.15) is 78.2 Å². The maximum Gasteiger partial charge on any atom is 0.246 e. The first-order valence-corrected chi connectivity index (χ1v) is 26.2. The van der Waals surface area contributed by atoms with Gasteiger partial charge in [0.2, 0.25) is 70.9 Å². The van der Waals surface area contributed by atoms with Crippen LogP contribution in [0.15, 0.2) is 24.3 Å². The molecule has 2 aliphatic rings. The molecule has 12 amide bonds. The fourth-order valence-electron chi connectivity index (χ4n) is 7.58. The van der Waals surface area contributed by atoms with Crippen LogP contribution in [0, 0.1) is 11.8 Å². The highest BCUT2D eigenvalue weighted by atomic mass is 33.1. The van der Waals surface area contributed by atoms with Crippen molar-refractivity contribution < 1.29 is 62.6 Å². The van der Waals surface area contributed by atoms with Gasteiger partial charge in [0.05, 0.1) is 25.6 Å². The zero-order valence-corrected chi connectivity index (χ0v) is 42.8. The van der Waals surface area contributed by atoms with Gasteiger partial charge < -0.3 is 75.5 Å². The lowest BCUT2D eigenvalue weighted by Crippen LogP contribution is -2.61. The first-order valence-electron chi connectivity index (χ1n) is 23.7. The molecule has 1 aromatic carbocycles. The number of hydrogen-bond acceptors (Lipinski definition) is 16. The number of amides is 12. The van der Waals surface area contributed by atoms with Crippen molar-refractivity contribution in [1.29, 1.82) is 0 Å². The van der Waals surface area contributed by atoms with Gasteiger partial charge in [0.15, 0.2) is 0 Å². The summed E-state index contributed by atoms with van der Waals surface area (Å²) in [6, 6.07) is -5.29. The van der Waals surface area contributed by atoms with Crippen molar-refractivity contribution in [2.45, 2.75) is 127 Å². The van der Waals surface area contributed by atoms with Crippen LogP contribution in [0.3, 0.4) is 0 Å². The summed E-state index contributed by atoms with van der Waals surface area (Å²) < 4.78 is 0. The molecule has 1 unspecified atom stereocenters. The van der Waals surface area contributed by atoms with Crippen molar-refractivity contribution in [3.8, 4) is 5.75 Å². The molecule has 404 valence electrons. The van der Waals surface area contributed by atoms with Crippen LogP contribution in [0.25, 0.3) is 0 Å². The predicted octanol–water partition coefficient (Wildman–Crippen LogP) is -4.49. The molecule has 0 aromatic heterocycles. The lowest BCUT2D eigenvalue weighted by atomic mass is 9.96. The van der Waals surface area contributed by atoms with E-state index in [0.29, 0.717) is 18.4 Å². The molecule has 9 atom stereocenters. The Bertz CT molecular complexity index is 2190. The van der Waals surface area contributed by atoms with Gasteiger partial charge in [0, 0.05) is 30.9 Å². The lowest BCUT2D eigenvalue weighted by Gasteiger charge is -2.31. The Morgan fingerprint density at radius 1 is 0.753 bits per heavy atom. The average molecular weight is 1060 g/mol. The molecule has 0 bridgehead atoms. The Balaban J connectivity index is 2.02. The van der Waals surface area contributed by atoms with E-state index in [1.54, 1.807) is 27.7 Å². The van der Waals surface area contributed by atoms with Gasteiger partial charge in [0.1, 0.15) is 48.0 Å². The van der Waals surface area contributed by atoms with Gasteiger partial charge >= 0.3 is 0 Å². The molecular formula is C45H69N13O13S2. The van der Waals surface area contributed by atoms with Gasteiger partial charge in [-0.15, -0.1) is 0 Å². The normalized spacial score (nSPS) is 23.5. The molecule has 26 nitrogen and oxygen atoms in total. The zero-order chi connectivity index (χ0) is 54.5.